The molecule has 1 aliphatic heterocycles. The van der Waals surface area contributed by atoms with Gasteiger partial charge in [-0.15, -0.1) is 0 Å². The maximum Gasteiger partial charge on any atom is 0.266 e. The zero-order valence-electron chi connectivity index (χ0n) is 12.9. The van der Waals surface area contributed by atoms with E-state index in [1.807, 2.05) is 42.5 Å². The van der Waals surface area contributed by atoms with Gasteiger partial charge in [-0.1, -0.05) is 59.8 Å². The summed E-state index contributed by atoms with van der Waals surface area (Å²) in [6.45, 7) is 0.331. The standard InChI is InChI=1S/C18H12ClN3OS2/c19-12-7-5-11(6-8-12)9-15-17(23)22(18(24)25-15)10-16-20-13-3-1-2-4-14(13)21-16/h1-9H,10H2,(H,20,21)/b15-9+. The van der Waals surface area contributed by atoms with Crippen molar-refractivity contribution in [2.24, 2.45) is 0 Å². The Morgan fingerprint density at radius 1 is 1.20 bits per heavy atom. The minimum Gasteiger partial charge on any atom is -0.340 e. The molecule has 2 heterocycles. The summed E-state index contributed by atoms with van der Waals surface area (Å²) in [5.74, 6) is 0.607. The molecule has 25 heavy (non-hydrogen) atoms. The number of benzene rings is 2. The lowest BCUT2D eigenvalue weighted by Crippen LogP contribution is -2.27. The van der Waals surface area contributed by atoms with Gasteiger partial charge in [0.05, 0.1) is 22.5 Å². The Kier molecular flexibility index (Phi) is 4.33. The number of H-pyrrole nitrogens is 1. The van der Waals surface area contributed by atoms with Gasteiger partial charge in [-0.05, 0) is 35.9 Å². The van der Waals surface area contributed by atoms with Crippen molar-refractivity contribution in [1.82, 2.24) is 14.9 Å². The Bertz CT molecular complexity index is 978. The number of carbonyl (C=O) groups is 1. The van der Waals surface area contributed by atoms with Gasteiger partial charge >= 0.3 is 0 Å². The monoisotopic (exact) mass is 385 g/mol. The molecule has 0 spiro atoms. The third kappa shape index (κ3) is 3.33. The molecule has 1 amide bonds. The fourth-order valence-electron chi connectivity index (χ4n) is 2.58. The maximum absolute atomic E-state index is 12.7. The van der Waals surface area contributed by atoms with Crippen molar-refractivity contribution in [2.45, 2.75) is 6.54 Å². The minimum atomic E-state index is -0.106. The summed E-state index contributed by atoms with van der Waals surface area (Å²) in [5.41, 5.74) is 2.73. The summed E-state index contributed by atoms with van der Waals surface area (Å²) >= 11 is 12.6. The van der Waals surface area contributed by atoms with Crippen LogP contribution in [0.5, 0.6) is 0 Å². The fraction of sp³-hybridized carbons (Fsp3) is 0.0556. The molecule has 1 fully saturated rings. The molecule has 0 radical (unpaired) electrons. The van der Waals surface area contributed by atoms with Crippen LogP contribution in [0.1, 0.15) is 11.4 Å². The van der Waals surface area contributed by atoms with Crippen LogP contribution in [-0.2, 0) is 11.3 Å². The van der Waals surface area contributed by atoms with Crippen molar-refractivity contribution in [3.8, 4) is 0 Å². The molecule has 124 valence electrons. The van der Waals surface area contributed by atoms with Crippen molar-refractivity contribution in [3.63, 3.8) is 0 Å². The average Bonchev–Trinajstić information content (AvgIpc) is 3.13. The number of amides is 1. The largest absolute Gasteiger partial charge is 0.340 e. The number of aromatic amines is 1. The number of nitrogens with zero attached hydrogens (tertiary/aromatic N) is 2. The van der Waals surface area contributed by atoms with Crippen molar-refractivity contribution in [3.05, 3.63) is 69.8 Å². The van der Waals surface area contributed by atoms with Crippen LogP contribution in [0.4, 0.5) is 0 Å². The van der Waals surface area contributed by atoms with E-state index in [4.69, 9.17) is 23.8 Å². The number of thioether (sulfide) groups is 1. The predicted molar refractivity (Wildman–Crippen MR) is 106 cm³/mol. The summed E-state index contributed by atoms with van der Waals surface area (Å²) in [6, 6.07) is 15.1. The first-order valence-electron chi connectivity index (χ1n) is 7.55. The Morgan fingerprint density at radius 3 is 2.72 bits per heavy atom. The molecule has 0 bridgehead atoms. The van der Waals surface area contributed by atoms with Gasteiger partial charge in [0.25, 0.3) is 5.91 Å². The number of hydrogen-bond donors (Lipinski definition) is 1. The minimum absolute atomic E-state index is 0.106. The van der Waals surface area contributed by atoms with E-state index in [1.165, 1.54) is 11.8 Å². The summed E-state index contributed by atoms with van der Waals surface area (Å²) in [4.78, 5) is 22.6. The Labute approximate surface area is 158 Å². The van der Waals surface area contributed by atoms with Gasteiger partial charge < -0.3 is 4.98 Å². The second-order valence-electron chi connectivity index (χ2n) is 5.52. The smallest absolute Gasteiger partial charge is 0.266 e. The molecular weight excluding hydrogens is 374 g/mol. The molecule has 2 aromatic carbocycles. The van der Waals surface area contributed by atoms with Crippen LogP contribution in [0.2, 0.25) is 5.02 Å². The van der Waals surface area contributed by atoms with Gasteiger partial charge in [0, 0.05) is 5.02 Å². The van der Waals surface area contributed by atoms with Gasteiger partial charge in [-0.2, -0.15) is 0 Å². The number of thiocarbonyl (C=S) groups is 1. The quantitative estimate of drug-likeness (QED) is 0.528. The molecule has 7 heteroatoms. The van der Waals surface area contributed by atoms with Gasteiger partial charge in [0.2, 0.25) is 0 Å². The van der Waals surface area contributed by atoms with Crippen LogP contribution >= 0.6 is 35.6 Å². The fourth-order valence-corrected chi connectivity index (χ4v) is 3.96. The molecule has 1 aromatic heterocycles. The first-order valence-corrected chi connectivity index (χ1v) is 9.15. The lowest BCUT2D eigenvalue weighted by Gasteiger charge is -2.12. The zero-order valence-corrected chi connectivity index (χ0v) is 15.3. The van der Waals surface area contributed by atoms with Crippen LogP contribution in [0.25, 0.3) is 17.1 Å². The third-order valence-electron chi connectivity index (χ3n) is 3.79. The van der Waals surface area contributed by atoms with Gasteiger partial charge in [-0.3, -0.25) is 9.69 Å². The van der Waals surface area contributed by atoms with Gasteiger partial charge in [0.15, 0.2) is 0 Å². The number of imidazole rings is 1. The van der Waals surface area contributed by atoms with Crippen LogP contribution in [0, 0.1) is 0 Å². The van der Waals surface area contributed by atoms with Crippen LogP contribution in [0.3, 0.4) is 0 Å². The molecule has 0 saturated carbocycles. The molecule has 1 N–H and O–H groups in total. The molecule has 0 aliphatic carbocycles. The summed E-state index contributed by atoms with van der Waals surface area (Å²) in [5, 5.41) is 0.662. The first kappa shape index (κ1) is 16.3. The van der Waals surface area contributed by atoms with Crippen LogP contribution in [0.15, 0.2) is 53.4 Å². The van der Waals surface area contributed by atoms with E-state index in [-0.39, 0.29) is 5.91 Å². The van der Waals surface area contributed by atoms with Crippen LogP contribution in [-0.4, -0.2) is 25.1 Å². The van der Waals surface area contributed by atoms with E-state index < -0.39 is 0 Å². The van der Waals surface area contributed by atoms with Crippen LogP contribution < -0.4 is 0 Å². The second kappa shape index (κ2) is 6.63. The van der Waals surface area contributed by atoms with E-state index in [1.54, 1.807) is 17.0 Å². The van der Waals surface area contributed by atoms with Crippen molar-refractivity contribution >= 4 is 62.9 Å². The molecule has 3 aromatic rings. The van der Waals surface area contributed by atoms with E-state index in [2.05, 4.69) is 9.97 Å². The maximum atomic E-state index is 12.7. The van der Waals surface area contributed by atoms with E-state index in [9.17, 15) is 4.79 Å². The normalized spacial score (nSPS) is 16.4. The van der Waals surface area contributed by atoms with Crippen molar-refractivity contribution < 1.29 is 4.79 Å². The highest BCUT2D eigenvalue weighted by molar-refractivity contribution is 8.26. The number of nitrogens with one attached hydrogen (secondary N) is 1. The zero-order chi connectivity index (χ0) is 17.4. The number of para-hydroxylation sites is 2. The summed E-state index contributed by atoms with van der Waals surface area (Å²) < 4.78 is 0.533. The first-order chi connectivity index (χ1) is 12.1. The molecule has 1 saturated heterocycles. The molecule has 0 atom stereocenters. The number of fused-ring (bicyclic) bond motifs is 1. The highest BCUT2D eigenvalue weighted by Gasteiger charge is 2.32. The lowest BCUT2D eigenvalue weighted by atomic mass is 10.2. The summed E-state index contributed by atoms with van der Waals surface area (Å²) in [7, 11) is 0. The molecule has 0 unspecified atom stereocenters. The molecule has 4 rings (SSSR count). The van der Waals surface area contributed by atoms with E-state index in [0.29, 0.717) is 26.6 Å². The number of halogens is 1. The lowest BCUT2D eigenvalue weighted by molar-refractivity contribution is -0.122. The molecule has 1 aliphatic rings. The topological polar surface area (TPSA) is 49.0 Å². The third-order valence-corrected chi connectivity index (χ3v) is 5.42. The second-order valence-corrected chi connectivity index (χ2v) is 7.63. The van der Waals surface area contributed by atoms with E-state index >= 15 is 0 Å². The number of carbonyl (C=O) groups excluding carboxylic acids is 1. The molecule has 4 nitrogen and oxygen atoms in total. The highest BCUT2D eigenvalue weighted by atomic mass is 35.5. The Hall–Kier alpha value is -2.15. The number of rotatable bonds is 3. The van der Waals surface area contributed by atoms with E-state index in [0.717, 1.165) is 16.6 Å². The Balaban J connectivity index is 1.57. The van der Waals surface area contributed by atoms with Gasteiger partial charge in [-0.25, -0.2) is 4.98 Å². The highest BCUT2D eigenvalue weighted by Crippen LogP contribution is 2.33. The number of hydrogen-bond acceptors (Lipinski definition) is 4. The predicted octanol–water partition coefficient (Wildman–Crippen LogP) is 4.62. The SMILES string of the molecule is O=C1/C(=C\c2ccc(Cl)cc2)SC(=S)N1Cc1nc2ccccc2[nH]1. The Morgan fingerprint density at radius 2 is 1.96 bits per heavy atom. The molecular formula is C18H12ClN3OS2. The number of aromatic nitrogens is 2. The van der Waals surface area contributed by atoms with Crippen molar-refractivity contribution in [1.29, 1.82) is 0 Å². The van der Waals surface area contributed by atoms with Gasteiger partial charge in [0.1, 0.15) is 10.1 Å². The summed E-state index contributed by atoms with van der Waals surface area (Å²) in [6.07, 6.45) is 1.83. The van der Waals surface area contributed by atoms with Crippen molar-refractivity contribution in [2.75, 3.05) is 0 Å². The average molecular weight is 386 g/mol.